The Morgan fingerprint density at radius 3 is 1.49 bits per heavy atom. The third-order valence-electron chi connectivity index (χ3n) is 6.66. The van der Waals surface area contributed by atoms with Crippen molar-refractivity contribution in [1.29, 1.82) is 0 Å². The second-order valence-corrected chi connectivity index (χ2v) is 10.9. The summed E-state index contributed by atoms with van der Waals surface area (Å²) < 4.78 is 21.8. The molecule has 0 aliphatic heterocycles. The van der Waals surface area contributed by atoms with E-state index in [-0.39, 0.29) is 31.8 Å². The molecule has 0 aliphatic rings. The summed E-state index contributed by atoms with van der Waals surface area (Å²) in [5.41, 5.74) is 0. The molecule has 0 radical (unpaired) electrons. The van der Waals surface area contributed by atoms with Gasteiger partial charge in [-0.3, -0.25) is 24.1 Å². The number of hydrogen-bond acceptors (Lipinski definition) is 10. The zero-order valence-electron chi connectivity index (χ0n) is 25.8. The van der Waals surface area contributed by atoms with Gasteiger partial charge in [0.1, 0.15) is 12.6 Å². The van der Waals surface area contributed by atoms with Gasteiger partial charge >= 0.3 is 17.9 Å². The zero-order chi connectivity index (χ0) is 32.0. The van der Waals surface area contributed by atoms with E-state index in [4.69, 9.17) is 29.2 Å². The maximum Gasteiger partial charge on any atom is 0.320 e. The van der Waals surface area contributed by atoms with Crippen molar-refractivity contribution in [3.05, 3.63) is 0 Å². The minimum Gasteiger partial charge on any atom is -0.480 e. The zero-order valence-corrected chi connectivity index (χ0v) is 26.7. The molecule has 0 bridgehead atoms. The van der Waals surface area contributed by atoms with Gasteiger partial charge in [-0.2, -0.15) is 12.6 Å². The number of carboxylic acids is 3. The number of Topliss-reactive ketones (excluding diaryl/α,β-unsaturated/α-hetero) is 1. The van der Waals surface area contributed by atoms with Crippen LogP contribution < -0.4 is 0 Å². The van der Waals surface area contributed by atoms with Crippen LogP contribution in [0.25, 0.3) is 0 Å². The van der Waals surface area contributed by atoms with Crippen molar-refractivity contribution < 1.29 is 53.4 Å². The highest BCUT2D eigenvalue weighted by atomic mass is 32.1. The van der Waals surface area contributed by atoms with Crippen LogP contribution in [0.1, 0.15) is 89.9 Å². The van der Waals surface area contributed by atoms with E-state index in [9.17, 15) is 24.3 Å². The number of rotatable bonds is 34. The van der Waals surface area contributed by atoms with Crippen LogP contribution >= 0.6 is 12.6 Å². The van der Waals surface area contributed by atoms with Crippen molar-refractivity contribution >= 4 is 36.3 Å². The van der Waals surface area contributed by atoms with Crippen LogP contribution in [0.15, 0.2) is 0 Å². The van der Waals surface area contributed by atoms with Crippen LogP contribution in [-0.2, 0) is 38.1 Å². The van der Waals surface area contributed by atoms with Gasteiger partial charge in [-0.05, 0) is 31.4 Å². The molecule has 0 aliphatic carbocycles. The molecule has 0 aromatic heterocycles. The molecule has 12 nitrogen and oxygen atoms in total. The highest BCUT2D eigenvalue weighted by Crippen LogP contribution is 2.13. The van der Waals surface area contributed by atoms with Crippen LogP contribution in [0.2, 0.25) is 0 Å². The van der Waals surface area contributed by atoms with E-state index >= 15 is 0 Å². The summed E-state index contributed by atoms with van der Waals surface area (Å²) in [6, 6.07) is -1.22. The van der Waals surface area contributed by atoms with Gasteiger partial charge in [0.25, 0.3) is 0 Å². The summed E-state index contributed by atoms with van der Waals surface area (Å²) in [6.45, 7) is 2.01. The quantitative estimate of drug-likeness (QED) is 0.0593. The summed E-state index contributed by atoms with van der Waals surface area (Å²) in [4.78, 5) is 46.3. The Balaban J connectivity index is 3.55. The molecule has 1 atom stereocenters. The maximum absolute atomic E-state index is 12.0. The highest BCUT2D eigenvalue weighted by molar-refractivity contribution is 7.80. The van der Waals surface area contributed by atoms with E-state index in [0.29, 0.717) is 52.3 Å². The Morgan fingerprint density at radius 2 is 1.00 bits per heavy atom. The van der Waals surface area contributed by atoms with E-state index in [1.807, 2.05) is 0 Å². The molecule has 0 aromatic rings. The van der Waals surface area contributed by atoms with Crippen LogP contribution in [-0.4, -0.2) is 122 Å². The number of aliphatic carboxylic acids is 3. The molecule has 3 N–H and O–H groups in total. The van der Waals surface area contributed by atoms with E-state index in [1.165, 1.54) is 51.4 Å². The first-order chi connectivity index (χ1) is 20.8. The SMILES string of the molecule is O=C(O)CN(CC(=O)O)C(CCCCCC(=O)COCCOCCOCCOCCCCCCCCCCCS)C(=O)O. The van der Waals surface area contributed by atoms with Crippen molar-refractivity contribution in [1.82, 2.24) is 4.90 Å². The van der Waals surface area contributed by atoms with Gasteiger partial charge in [-0.1, -0.05) is 57.8 Å². The van der Waals surface area contributed by atoms with E-state index in [2.05, 4.69) is 12.6 Å². The summed E-state index contributed by atoms with van der Waals surface area (Å²) in [5, 5.41) is 27.3. The lowest BCUT2D eigenvalue weighted by molar-refractivity contribution is -0.149. The highest BCUT2D eigenvalue weighted by Gasteiger charge is 2.28. The van der Waals surface area contributed by atoms with Gasteiger partial charge in [0.05, 0.1) is 52.7 Å². The van der Waals surface area contributed by atoms with Crippen molar-refractivity contribution in [2.45, 2.75) is 95.9 Å². The number of carboxylic acid groups (broad SMARTS) is 3. The minimum atomic E-state index is -1.30. The first-order valence-electron chi connectivity index (χ1n) is 15.6. The van der Waals surface area contributed by atoms with Gasteiger partial charge in [-0.15, -0.1) is 0 Å². The topological polar surface area (TPSA) is 169 Å². The van der Waals surface area contributed by atoms with Crippen molar-refractivity contribution in [2.24, 2.45) is 0 Å². The number of ether oxygens (including phenoxy) is 4. The molecular weight excluding hydrogens is 582 g/mol. The molecule has 0 saturated carbocycles. The number of carbonyl (C=O) groups is 4. The van der Waals surface area contributed by atoms with E-state index in [1.54, 1.807) is 0 Å². The van der Waals surface area contributed by atoms with Gasteiger partial charge in [0.2, 0.25) is 0 Å². The summed E-state index contributed by atoms with van der Waals surface area (Å²) >= 11 is 4.23. The van der Waals surface area contributed by atoms with Gasteiger partial charge in [-0.25, -0.2) is 0 Å². The van der Waals surface area contributed by atoms with Crippen molar-refractivity contribution in [2.75, 3.05) is 71.7 Å². The second-order valence-electron chi connectivity index (χ2n) is 10.5. The van der Waals surface area contributed by atoms with Crippen LogP contribution in [0.4, 0.5) is 0 Å². The minimum absolute atomic E-state index is 0.0311. The van der Waals surface area contributed by atoms with E-state index < -0.39 is 37.0 Å². The Kier molecular flexibility index (Phi) is 29.0. The predicted octanol–water partition coefficient (Wildman–Crippen LogP) is 3.94. The maximum atomic E-state index is 12.0. The fourth-order valence-corrected chi connectivity index (χ4v) is 4.62. The number of nitrogens with zero attached hydrogens (tertiary/aromatic N) is 1. The molecule has 252 valence electrons. The normalized spacial score (nSPS) is 12.0. The lowest BCUT2D eigenvalue weighted by Crippen LogP contribution is -2.46. The summed E-state index contributed by atoms with van der Waals surface area (Å²) in [6.07, 6.45) is 13.3. The molecule has 43 heavy (non-hydrogen) atoms. The number of thiol groups is 1. The Bertz CT molecular complexity index is 710. The lowest BCUT2D eigenvalue weighted by Gasteiger charge is -2.25. The first-order valence-corrected chi connectivity index (χ1v) is 16.2. The molecule has 13 heteroatoms. The van der Waals surface area contributed by atoms with Gasteiger partial charge in [0.15, 0.2) is 5.78 Å². The van der Waals surface area contributed by atoms with Crippen LogP contribution in [0, 0.1) is 0 Å². The molecule has 0 saturated heterocycles. The largest absolute Gasteiger partial charge is 0.480 e. The number of carbonyl (C=O) groups excluding carboxylic acids is 1. The third kappa shape index (κ3) is 28.7. The first kappa shape index (κ1) is 41.2. The number of ketones is 1. The molecule has 0 spiro atoms. The van der Waals surface area contributed by atoms with Gasteiger partial charge in [0, 0.05) is 13.0 Å². The smallest absolute Gasteiger partial charge is 0.320 e. The fraction of sp³-hybridized carbons (Fsp3) is 0.867. The van der Waals surface area contributed by atoms with Crippen LogP contribution in [0.3, 0.4) is 0 Å². The third-order valence-corrected chi connectivity index (χ3v) is 6.98. The second kappa shape index (κ2) is 30.3. The molecule has 0 fully saturated rings. The molecule has 1 unspecified atom stereocenters. The molecule has 0 aromatic carbocycles. The fourth-order valence-electron chi connectivity index (χ4n) is 4.39. The van der Waals surface area contributed by atoms with Crippen molar-refractivity contribution in [3.63, 3.8) is 0 Å². The van der Waals surface area contributed by atoms with Crippen molar-refractivity contribution in [3.8, 4) is 0 Å². The standard InChI is InChI=1S/C30H55NO11S/c32-26(13-9-8-10-14-27(30(37)38)31(23-28(33)34)24-29(35)36)25-42-21-20-41-19-18-40-17-16-39-15-11-6-4-2-1-3-5-7-12-22-43/h27,43H,1-25H2,(H,33,34)(H,35,36)(H,37,38). The Hall–Kier alpha value is -1.77. The Morgan fingerprint density at radius 1 is 0.558 bits per heavy atom. The molecule has 0 amide bonds. The van der Waals surface area contributed by atoms with Crippen LogP contribution in [0.5, 0.6) is 0 Å². The monoisotopic (exact) mass is 637 g/mol. The average Bonchev–Trinajstić information content (AvgIpc) is 2.94. The molecular formula is C30H55NO11S. The Labute approximate surface area is 262 Å². The number of hydrogen-bond donors (Lipinski definition) is 4. The average molecular weight is 638 g/mol. The van der Waals surface area contributed by atoms with E-state index in [0.717, 1.165) is 23.7 Å². The number of unbranched alkanes of at least 4 members (excludes halogenated alkanes) is 10. The predicted molar refractivity (Wildman–Crippen MR) is 165 cm³/mol. The molecule has 0 rings (SSSR count). The summed E-state index contributed by atoms with van der Waals surface area (Å²) in [7, 11) is 0. The molecule has 0 heterocycles. The van der Waals surface area contributed by atoms with Gasteiger partial charge < -0.3 is 34.3 Å². The lowest BCUT2D eigenvalue weighted by atomic mass is 10.0. The summed E-state index contributed by atoms with van der Waals surface area (Å²) in [5.74, 6) is -2.96.